The second-order valence-electron chi connectivity index (χ2n) is 4.84. The first kappa shape index (κ1) is 15.7. The number of ether oxygens (including phenoxy) is 2. The first-order valence-corrected chi connectivity index (χ1v) is 6.81. The van der Waals surface area contributed by atoms with E-state index in [2.05, 4.69) is 4.74 Å². The molecule has 0 radical (unpaired) electrons. The van der Waals surface area contributed by atoms with Crippen molar-refractivity contribution in [3.8, 4) is 17.2 Å². The molecule has 0 fully saturated rings. The summed E-state index contributed by atoms with van der Waals surface area (Å²) in [5.41, 5.74) is 1.89. The van der Waals surface area contributed by atoms with Crippen molar-refractivity contribution >= 4 is 5.97 Å². The molecule has 0 amide bonds. The Morgan fingerprint density at radius 2 is 1.82 bits per heavy atom. The maximum atomic E-state index is 11.6. The van der Waals surface area contributed by atoms with Crippen LogP contribution in [0.25, 0.3) is 0 Å². The number of esters is 1. The van der Waals surface area contributed by atoms with Crippen LogP contribution in [0.3, 0.4) is 0 Å². The minimum absolute atomic E-state index is 0.106. The van der Waals surface area contributed by atoms with E-state index in [1.807, 2.05) is 0 Å². The van der Waals surface area contributed by atoms with Gasteiger partial charge in [-0.1, -0.05) is 6.07 Å². The van der Waals surface area contributed by atoms with Crippen LogP contribution in [0.2, 0.25) is 0 Å². The van der Waals surface area contributed by atoms with Crippen molar-refractivity contribution < 1.29 is 24.5 Å². The minimum atomic E-state index is -0.575. The van der Waals surface area contributed by atoms with Gasteiger partial charge in [-0.15, -0.1) is 0 Å². The maximum Gasteiger partial charge on any atom is 0.341 e. The van der Waals surface area contributed by atoms with E-state index in [4.69, 9.17) is 4.74 Å². The summed E-state index contributed by atoms with van der Waals surface area (Å²) in [6, 6.07) is 9.76. The number of rotatable bonds is 5. The summed E-state index contributed by atoms with van der Waals surface area (Å²) in [7, 11) is 2.85. The summed E-state index contributed by atoms with van der Waals surface area (Å²) in [5, 5.41) is 19.3. The Hall–Kier alpha value is -2.69. The first-order chi connectivity index (χ1) is 10.5. The highest BCUT2D eigenvalue weighted by Gasteiger charge is 2.12. The van der Waals surface area contributed by atoms with E-state index in [1.165, 1.54) is 13.2 Å². The molecule has 2 aromatic carbocycles. The van der Waals surface area contributed by atoms with Gasteiger partial charge in [0.2, 0.25) is 0 Å². The zero-order valence-electron chi connectivity index (χ0n) is 12.5. The van der Waals surface area contributed by atoms with E-state index in [9.17, 15) is 15.0 Å². The fourth-order valence-corrected chi connectivity index (χ4v) is 2.25. The molecule has 0 aliphatic heterocycles. The third-order valence-electron chi connectivity index (χ3n) is 3.41. The average molecular weight is 302 g/mol. The van der Waals surface area contributed by atoms with Crippen LogP contribution in [0.15, 0.2) is 36.4 Å². The smallest absolute Gasteiger partial charge is 0.341 e. The van der Waals surface area contributed by atoms with Crippen molar-refractivity contribution in [3.63, 3.8) is 0 Å². The van der Waals surface area contributed by atoms with Crippen LogP contribution in [0.1, 0.15) is 21.5 Å². The van der Waals surface area contributed by atoms with Crippen LogP contribution in [0, 0.1) is 0 Å². The first-order valence-electron chi connectivity index (χ1n) is 6.81. The Morgan fingerprint density at radius 3 is 2.50 bits per heavy atom. The molecule has 0 spiro atoms. The molecule has 0 unspecified atom stereocenters. The zero-order valence-corrected chi connectivity index (χ0v) is 12.5. The van der Waals surface area contributed by atoms with Crippen molar-refractivity contribution in [2.24, 2.45) is 0 Å². The highest BCUT2D eigenvalue weighted by atomic mass is 16.5. The SMILES string of the molecule is COC(=O)c1cc(CCc2cc(O)ccc2OC)ccc1O. The van der Waals surface area contributed by atoms with Crippen molar-refractivity contribution in [2.75, 3.05) is 14.2 Å². The number of hydrogen-bond donors (Lipinski definition) is 2. The summed E-state index contributed by atoms with van der Waals surface area (Å²) in [5.74, 6) is 0.196. The molecule has 22 heavy (non-hydrogen) atoms. The van der Waals surface area contributed by atoms with E-state index in [1.54, 1.807) is 37.4 Å². The summed E-state index contributed by atoms with van der Waals surface area (Å²) < 4.78 is 9.90. The molecule has 0 atom stereocenters. The largest absolute Gasteiger partial charge is 0.508 e. The Morgan fingerprint density at radius 1 is 1.05 bits per heavy atom. The zero-order chi connectivity index (χ0) is 16.1. The van der Waals surface area contributed by atoms with E-state index in [0.29, 0.717) is 18.6 Å². The van der Waals surface area contributed by atoms with E-state index < -0.39 is 5.97 Å². The van der Waals surface area contributed by atoms with Crippen LogP contribution in [0.4, 0.5) is 0 Å². The van der Waals surface area contributed by atoms with Gasteiger partial charge in [0.05, 0.1) is 14.2 Å². The van der Waals surface area contributed by atoms with Gasteiger partial charge in [-0.05, 0) is 54.3 Å². The van der Waals surface area contributed by atoms with Gasteiger partial charge in [0, 0.05) is 0 Å². The number of hydrogen-bond acceptors (Lipinski definition) is 5. The molecule has 2 aromatic rings. The second-order valence-corrected chi connectivity index (χ2v) is 4.84. The van der Waals surface area contributed by atoms with Gasteiger partial charge in [-0.2, -0.15) is 0 Å². The van der Waals surface area contributed by atoms with Gasteiger partial charge < -0.3 is 19.7 Å². The Labute approximate surface area is 128 Å². The number of aryl methyl sites for hydroxylation is 2. The monoisotopic (exact) mass is 302 g/mol. The Kier molecular flexibility index (Phi) is 4.88. The molecule has 0 heterocycles. The average Bonchev–Trinajstić information content (AvgIpc) is 2.53. The lowest BCUT2D eigenvalue weighted by atomic mass is 10.0. The Bertz CT molecular complexity index is 679. The van der Waals surface area contributed by atoms with Gasteiger partial charge in [0.1, 0.15) is 22.8 Å². The normalized spacial score (nSPS) is 10.3. The number of benzene rings is 2. The number of phenolic OH excluding ortho intramolecular Hbond substituents is 2. The van der Waals surface area contributed by atoms with Crippen molar-refractivity contribution in [1.29, 1.82) is 0 Å². The predicted molar refractivity (Wildman–Crippen MR) is 81.5 cm³/mol. The quantitative estimate of drug-likeness (QED) is 0.830. The summed E-state index contributed by atoms with van der Waals surface area (Å²) in [6.45, 7) is 0. The molecule has 0 aromatic heterocycles. The van der Waals surface area contributed by atoms with Crippen LogP contribution in [0.5, 0.6) is 17.2 Å². The van der Waals surface area contributed by atoms with Gasteiger partial charge in [0.15, 0.2) is 0 Å². The summed E-state index contributed by atoms with van der Waals surface area (Å²) in [6.07, 6.45) is 1.26. The molecule has 2 N–H and O–H groups in total. The van der Waals surface area contributed by atoms with Crippen molar-refractivity contribution in [3.05, 3.63) is 53.1 Å². The standard InChI is InChI=1S/C17H18O5/c1-21-16-8-6-13(18)10-12(16)5-3-11-4-7-15(19)14(9-11)17(20)22-2/h4,6-10,18-19H,3,5H2,1-2H3. The van der Waals surface area contributed by atoms with Crippen LogP contribution in [-0.4, -0.2) is 30.4 Å². The van der Waals surface area contributed by atoms with Crippen LogP contribution >= 0.6 is 0 Å². The lowest BCUT2D eigenvalue weighted by molar-refractivity contribution is 0.0597. The molecule has 0 bridgehead atoms. The molecule has 2 rings (SSSR count). The molecule has 0 saturated carbocycles. The Balaban J connectivity index is 2.18. The molecular weight excluding hydrogens is 284 g/mol. The lowest BCUT2D eigenvalue weighted by Gasteiger charge is -2.10. The molecule has 0 aliphatic carbocycles. The molecule has 0 aliphatic rings. The molecule has 5 heteroatoms. The molecule has 5 nitrogen and oxygen atoms in total. The predicted octanol–water partition coefficient (Wildman–Crippen LogP) is 2.68. The van der Waals surface area contributed by atoms with Gasteiger partial charge >= 0.3 is 5.97 Å². The van der Waals surface area contributed by atoms with Crippen molar-refractivity contribution in [2.45, 2.75) is 12.8 Å². The summed E-state index contributed by atoms with van der Waals surface area (Å²) in [4.78, 5) is 11.6. The van der Waals surface area contributed by atoms with Gasteiger partial charge in [-0.3, -0.25) is 0 Å². The van der Waals surface area contributed by atoms with E-state index in [0.717, 1.165) is 11.1 Å². The second kappa shape index (κ2) is 6.85. The van der Waals surface area contributed by atoms with Crippen molar-refractivity contribution in [1.82, 2.24) is 0 Å². The number of carbonyl (C=O) groups is 1. The van der Waals surface area contributed by atoms with Gasteiger partial charge in [0.25, 0.3) is 0 Å². The molecule has 0 saturated heterocycles. The third kappa shape index (κ3) is 3.49. The van der Waals surface area contributed by atoms with Gasteiger partial charge in [-0.25, -0.2) is 4.79 Å². The number of methoxy groups -OCH3 is 2. The number of phenols is 2. The minimum Gasteiger partial charge on any atom is -0.508 e. The fraction of sp³-hybridized carbons (Fsp3) is 0.235. The van der Waals surface area contributed by atoms with E-state index in [-0.39, 0.29) is 17.1 Å². The topological polar surface area (TPSA) is 76.0 Å². The number of aromatic hydroxyl groups is 2. The lowest BCUT2D eigenvalue weighted by Crippen LogP contribution is -2.03. The van der Waals surface area contributed by atoms with E-state index >= 15 is 0 Å². The third-order valence-corrected chi connectivity index (χ3v) is 3.41. The summed E-state index contributed by atoms with van der Waals surface area (Å²) >= 11 is 0. The number of carbonyl (C=O) groups excluding carboxylic acids is 1. The maximum absolute atomic E-state index is 11.6. The molecule has 116 valence electrons. The highest BCUT2D eigenvalue weighted by Crippen LogP contribution is 2.26. The van der Waals surface area contributed by atoms with Crippen LogP contribution in [-0.2, 0) is 17.6 Å². The molecular formula is C17H18O5. The fourth-order valence-electron chi connectivity index (χ4n) is 2.25. The van der Waals surface area contributed by atoms with Crippen LogP contribution < -0.4 is 4.74 Å². The highest BCUT2D eigenvalue weighted by molar-refractivity contribution is 5.92.